The Hall–Kier alpha value is -1.53. The van der Waals surface area contributed by atoms with E-state index in [-0.39, 0.29) is 0 Å². The Morgan fingerprint density at radius 3 is 2.09 bits per heavy atom. The Balaban J connectivity index is 0.00000127. The molecule has 126 valence electrons. The summed E-state index contributed by atoms with van der Waals surface area (Å²) in [5, 5.41) is 0. The van der Waals surface area contributed by atoms with Gasteiger partial charge in [-0.3, -0.25) is 4.72 Å². The summed E-state index contributed by atoms with van der Waals surface area (Å²) in [6.45, 7) is 4.00. The van der Waals surface area contributed by atoms with Gasteiger partial charge in [-0.25, -0.2) is 8.42 Å². The number of rotatable bonds is 5. The fraction of sp³-hybridized carbons (Fsp3) is 0.294. The normalized spacial score (nSPS) is 10.5. The molecule has 0 saturated carbocycles. The number of anilines is 1. The van der Waals surface area contributed by atoms with Gasteiger partial charge in [0.1, 0.15) is 5.75 Å². The van der Waals surface area contributed by atoms with E-state index in [2.05, 4.69) is 20.7 Å². The molecule has 0 amide bonds. The molecule has 2 aromatic carbocycles. The minimum Gasteiger partial charge on any atom is -0.496 e. The van der Waals surface area contributed by atoms with E-state index >= 15 is 0 Å². The highest BCUT2D eigenvalue weighted by atomic mass is 79.9. The SMILES string of the molecule is CC.COc1ccc(Cc2ccc(NS(C)(=O)=O)cc2)cc1Br. The molecule has 2 aromatic rings. The molecule has 0 aliphatic heterocycles. The molecule has 0 aromatic heterocycles. The van der Waals surface area contributed by atoms with Gasteiger partial charge in [-0.2, -0.15) is 0 Å². The molecule has 0 saturated heterocycles. The van der Waals surface area contributed by atoms with Crippen LogP contribution in [0.1, 0.15) is 25.0 Å². The van der Waals surface area contributed by atoms with E-state index in [9.17, 15) is 8.42 Å². The summed E-state index contributed by atoms with van der Waals surface area (Å²) in [5.74, 6) is 0.798. The van der Waals surface area contributed by atoms with Crippen LogP contribution in [0.5, 0.6) is 5.75 Å². The third kappa shape index (κ3) is 6.62. The highest BCUT2D eigenvalue weighted by Crippen LogP contribution is 2.26. The molecule has 23 heavy (non-hydrogen) atoms. The molecule has 0 atom stereocenters. The van der Waals surface area contributed by atoms with Crippen LogP contribution >= 0.6 is 15.9 Å². The van der Waals surface area contributed by atoms with Crippen molar-refractivity contribution in [2.75, 3.05) is 18.1 Å². The number of hydrogen-bond acceptors (Lipinski definition) is 3. The van der Waals surface area contributed by atoms with E-state index in [1.54, 1.807) is 19.2 Å². The van der Waals surface area contributed by atoms with Gasteiger partial charge in [-0.1, -0.05) is 32.0 Å². The molecule has 0 aliphatic carbocycles. The minimum atomic E-state index is -3.23. The quantitative estimate of drug-likeness (QED) is 0.807. The first-order valence-corrected chi connectivity index (χ1v) is 9.95. The molecule has 0 heterocycles. The van der Waals surface area contributed by atoms with E-state index in [1.165, 1.54) is 0 Å². The van der Waals surface area contributed by atoms with Crippen LogP contribution in [0.2, 0.25) is 0 Å². The molecule has 0 fully saturated rings. The van der Waals surface area contributed by atoms with Gasteiger partial charge in [0.15, 0.2) is 0 Å². The number of hydrogen-bond donors (Lipinski definition) is 1. The molecule has 2 rings (SSSR count). The van der Waals surface area contributed by atoms with Crippen molar-refractivity contribution in [3.8, 4) is 5.75 Å². The highest BCUT2D eigenvalue weighted by molar-refractivity contribution is 9.10. The van der Waals surface area contributed by atoms with Gasteiger partial charge < -0.3 is 4.74 Å². The first kappa shape index (κ1) is 19.5. The van der Waals surface area contributed by atoms with Gasteiger partial charge in [-0.15, -0.1) is 0 Å². The zero-order chi connectivity index (χ0) is 17.5. The molecular formula is C17H22BrNO3S. The average molecular weight is 400 g/mol. The smallest absolute Gasteiger partial charge is 0.229 e. The van der Waals surface area contributed by atoms with Crippen LogP contribution in [-0.4, -0.2) is 21.8 Å². The van der Waals surface area contributed by atoms with Gasteiger partial charge in [0.25, 0.3) is 0 Å². The maximum Gasteiger partial charge on any atom is 0.229 e. The van der Waals surface area contributed by atoms with Crippen LogP contribution < -0.4 is 9.46 Å². The molecule has 4 nitrogen and oxygen atoms in total. The summed E-state index contributed by atoms with van der Waals surface area (Å²) in [6.07, 6.45) is 1.90. The second-order valence-electron chi connectivity index (χ2n) is 4.72. The molecule has 0 spiro atoms. The van der Waals surface area contributed by atoms with Crippen LogP contribution in [0.3, 0.4) is 0 Å². The monoisotopic (exact) mass is 399 g/mol. The van der Waals surface area contributed by atoms with Gasteiger partial charge >= 0.3 is 0 Å². The van der Waals surface area contributed by atoms with Crippen molar-refractivity contribution in [3.05, 3.63) is 58.1 Å². The summed E-state index contributed by atoms with van der Waals surface area (Å²) in [4.78, 5) is 0. The lowest BCUT2D eigenvalue weighted by Crippen LogP contribution is -2.09. The van der Waals surface area contributed by atoms with Gasteiger partial charge in [-0.05, 0) is 57.7 Å². The van der Waals surface area contributed by atoms with E-state index in [4.69, 9.17) is 4.74 Å². The van der Waals surface area contributed by atoms with E-state index < -0.39 is 10.0 Å². The predicted octanol–water partition coefficient (Wildman–Crippen LogP) is 4.45. The van der Waals surface area contributed by atoms with Crippen LogP contribution in [0.4, 0.5) is 5.69 Å². The third-order valence-corrected chi connectivity index (χ3v) is 4.11. The summed E-state index contributed by atoms with van der Waals surface area (Å²) in [6, 6.07) is 13.3. The van der Waals surface area contributed by atoms with Gasteiger partial charge in [0.2, 0.25) is 10.0 Å². The lowest BCUT2D eigenvalue weighted by molar-refractivity contribution is 0.412. The Kier molecular flexibility index (Phi) is 7.58. The number of sulfonamides is 1. The highest BCUT2D eigenvalue weighted by Gasteiger charge is 2.04. The molecule has 0 aliphatic rings. The van der Waals surface area contributed by atoms with Gasteiger partial charge in [0.05, 0.1) is 17.8 Å². The number of methoxy groups -OCH3 is 1. The van der Waals surface area contributed by atoms with Gasteiger partial charge in [0, 0.05) is 5.69 Å². The summed E-state index contributed by atoms with van der Waals surface area (Å²) >= 11 is 3.46. The Labute approximate surface area is 147 Å². The van der Waals surface area contributed by atoms with Crippen molar-refractivity contribution < 1.29 is 13.2 Å². The topological polar surface area (TPSA) is 55.4 Å². The number of benzene rings is 2. The van der Waals surface area contributed by atoms with Crippen LogP contribution in [0.25, 0.3) is 0 Å². The predicted molar refractivity (Wildman–Crippen MR) is 99.8 cm³/mol. The largest absolute Gasteiger partial charge is 0.496 e. The fourth-order valence-electron chi connectivity index (χ4n) is 1.96. The fourth-order valence-corrected chi connectivity index (χ4v) is 3.11. The van der Waals surface area contributed by atoms with Crippen LogP contribution in [0.15, 0.2) is 46.9 Å². The van der Waals surface area contributed by atoms with Crippen molar-refractivity contribution in [1.82, 2.24) is 0 Å². The van der Waals surface area contributed by atoms with Crippen molar-refractivity contribution in [2.24, 2.45) is 0 Å². The lowest BCUT2D eigenvalue weighted by Gasteiger charge is -2.08. The number of ether oxygens (including phenoxy) is 1. The standard InChI is InChI=1S/C15H16BrNO3S.C2H6/c1-20-15-8-5-12(10-14(15)16)9-11-3-6-13(7-4-11)17-21(2,18)19;1-2/h3-8,10,17H,9H2,1-2H3;1-2H3. The van der Waals surface area contributed by atoms with E-state index in [0.29, 0.717) is 5.69 Å². The zero-order valence-corrected chi connectivity index (χ0v) is 16.2. The summed E-state index contributed by atoms with van der Waals surface area (Å²) in [5.41, 5.74) is 2.81. The van der Waals surface area contributed by atoms with E-state index in [0.717, 1.165) is 34.0 Å². The van der Waals surface area contributed by atoms with Crippen molar-refractivity contribution in [1.29, 1.82) is 0 Å². The molecule has 0 unspecified atom stereocenters. The third-order valence-electron chi connectivity index (χ3n) is 2.88. The number of nitrogens with one attached hydrogen (secondary N) is 1. The zero-order valence-electron chi connectivity index (χ0n) is 13.8. The maximum absolute atomic E-state index is 11.1. The Morgan fingerprint density at radius 2 is 1.61 bits per heavy atom. The Morgan fingerprint density at radius 1 is 1.04 bits per heavy atom. The molecule has 0 bridgehead atoms. The average Bonchev–Trinajstić information content (AvgIpc) is 2.50. The van der Waals surface area contributed by atoms with Crippen LogP contribution in [0, 0.1) is 0 Å². The second kappa shape index (κ2) is 8.93. The first-order valence-electron chi connectivity index (χ1n) is 7.26. The van der Waals surface area contributed by atoms with Crippen molar-refractivity contribution >= 4 is 31.6 Å². The second-order valence-corrected chi connectivity index (χ2v) is 7.32. The molecule has 1 N–H and O–H groups in total. The maximum atomic E-state index is 11.1. The Bertz CT molecular complexity index is 728. The van der Waals surface area contributed by atoms with Crippen LogP contribution in [-0.2, 0) is 16.4 Å². The minimum absolute atomic E-state index is 0.567. The molecule has 0 radical (unpaired) electrons. The molecule has 6 heteroatoms. The van der Waals surface area contributed by atoms with E-state index in [1.807, 2.05) is 44.2 Å². The number of halogens is 1. The van der Waals surface area contributed by atoms with Crippen molar-refractivity contribution in [2.45, 2.75) is 20.3 Å². The molecular weight excluding hydrogens is 378 g/mol. The summed E-state index contributed by atoms with van der Waals surface area (Å²) in [7, 11) is -1.60. The van der Waals surface area contributed by atoms with Crippen molar-refractivity contribution in [3.63, 3.8) is 0 Å². The summed E-state index contributed by atoms with van der Waals surface area (Å²) < 4.78 is 30.9. The first-order chi connectivity index (χ1) is 10.9. The lowest BCUT2D eigenvalue weighted by atomic mass is 10.0.